The number of nitrogens with two attached hydrogens (primary N) is 1. The lowest BCUT2D eigenvalue weighted by Gasteiger charge is -2.35. The quantitative estimate of drug-likeness (QED) is 0.500. The third-order valence-electron chi connectivity index (χ3n) is 2.68. The molecule has 0 radical (unpaired) electrons. The van der Waals surface area contributed by atoms with Crippen molar-refractivity contribution in [3.8, 4) is 0 Å². The summed E-state index contributed by atoms with van der Waals surface area (Å²) in [4.78, 5) is 6.33. The van der Waals surface area contributed by atoms with Crippen LogP contribution in [-0.2, 0) is 0 Å². The first-order valence-electron chi connectivity index (χ1n) is 5.38. The van der Waals surface area contributed by atoms with Crippen LogP contribution in [0.4, 0.5) is 0 Å². The van der Waals surface area contributed by atoms with Gasteiger partial charge in [0.05, 0.1) is 6.10 Å². The lowest BCUT2D eigenvalue weighted by atomic mass is 9.97. The van der Waals surface area contributed by atoms with Gasteiger partial charge in [-0.25, -0.2) is 0 Å². The molecule has 1 aliphatic heterocycles. The van der Waals surface area contributed by atoms with Crippen molar-refractivity contribution in [2.45, 2.75) is 32.8 Å². The minimum absolute atomic E-state index is 0.176. The Balaban J connectivity index is 2.45. The molecule has 3 N–H and O–H groups in total. The van der Waals surface area contributed by atoms with Crippen molar-refractivity contribution in [2.24, 2.45) is 16.6 Å². The van der Waals surface area contributed by atoms with Crippen LogP contribution in [0, 0.1) is 5.92 Å². The third-order valence-corrected chi connectivity index (χ3v) is 2.68. The average molecular weight is 199 g/mol. The third kappa shape index (κ3) is 2.87. The molecule has 0 aromatic heterocycles. The highest BCUT2D eigenvalue weighted by atomic mass is 16.3. The maximum absolute atomic E-state index is 9.55. The first-order chi connectivity index (χ1) is 6.65. The molecule has 2 unspecified atom stereocenters. The van der Waals surface area contributed by atoms with Crippen molar-refractivity contribution < 1.29 is 5.11 Å². The fourth-order valence-corrected chi connectivity index (χ4v) is 1.67. The molecule has 1 aliphatic rings. The summed E-state index contributed by atoms with van der Waals surface area (Å²) < 4.78 is 0. The largest absolute Gasteiger partial charge is 0.393 e. The maximum atomic E-state index is 9.55. The molecule has 14 heavy (non-hydrogen) atoms. The SMILES string of the molecule is CCCN=C(N)N1CCC(O)C(C)C1. The second-order valence-electron chi connectivity index (χ2n) is 4.02. The highest BCUT2D eigenvalue weighted by Crippen LogP contribution is 2.15. The van der Waals surface area contributed by atoms with E-state index >= 15 is 0 Å². The number of aliphatic hydroxyl groups is 1. The van der Waals surface area contributed by atoms with Crippen LogP contribution < -0.4 is 5.73 Å². The topological polar surface area (TPSA) is 61.8 Å². The number of piperidine rings is 1. The minimum atomic E-state index is -0.176. The zero-order valence-corrected chi connectivity index (χ0v) is 9.11. The van der Waals surface area contributed by atoms with Crippen LogP contribution in [0.25, 0.3) is 0 Å². The zero-order chi connectivity index (χ0) is 10.6. The molecule has 0 spiro atoms. The molecule has 1 rings (SSSR count). The second-order valence-corrected chi connectivity index (χ2v) is 4.02. The molecule has 0 aliphatic carbocycles. The van der Waals surface area contributed by atoms with Crippen LogP contribution in [0.5, 0.6) is 0 Å². The normalized spacial score (nSPS) is 29.4. The summed E-state index contributed by atoms with van der Waals surface area (Å²) in [6.45, 7) is 6.56. The van der Waals surface area contributed by atoms with Crippen molar-refractivity contribution in [3.05, 3.63) is 0 Å². The molecule has 82 valence electrons. The monoisotopic (exact) mass is 199 g/mol. The van der Waals surface area contributed by atoms with Gasteiger partial charge >= 0.3 is 0 Å². The number of aliphatic imine (C=N–C) groups is 1. The van der Waals surface area contributed by atoms with Gasteiger partial charge in [-0.3, -0.25) is 4.99 Å². The Bertz CT molecular complexity index is 206. The predicted molar refractivity (Wildman–Crippen MR) is 58.1 cm³/mol. The predicted octanol–water partition coefficient (Wildman–Crippen LogP) is 0.414. The average Bonchev–Trinajstić information content (AvgIpc) is 2.18. The highest BCUT2D eigenvalue weighted by Gasteiger charge is 2.24. The number of hydrogen-bond donors (Lipinski definition) is 2. The van der Waals surface area contributed by atoms with Gasteiger partial charge < -0.3 is 15.7 Å². The molecule has 4 nitrogen and oxygen atoms in total. The van der Waals surface area contributed by atoms with Gasteiger partial charge in [-0.05, 0) is 18.8 Å². The maximum Gasteiger partial charge on any atom is 0.191 e. The van der Waals surface area contributed by atoms with Gasteiger partial charge in [0, 0.05) is 19.6 Å². The Morgan fingerprint density at radius 1 is 1.64 bits per heavy atom. The van der Waals surface area contributed by atoms with Crippen LogP contribution in [0.15, 0.2) is 4.99 Å². The standard InChI is InChI=1S/C10H21N3O/c1-3-5-12-10(11)13-6-4-9(14)8(2)7-13/h8-9,14H,3-7H2,1-2H3,(H2,11,12). The van der Waals surface area contributed by atoms with E-state index in [1.807, 2.05) is 6.92 Å². The van der Waals surface area contributed by atoms with Crippen LogP contribution in [-0.4, -0.2) is 41.7 Å². The van der Waals surface area contributed by atoms with Crippen molar-refractivity contribution in [1.29, 1.82) is 0 Å². The number of rotatable bonds is 2. The number of nitrogens with zero attached hydrogens (tertiary/aromatic N) is 2. The Kier molecular flexibility index (Phi) is 4.20. The Morgan fingerprint density at radius 2 is 2.36 bits per heavy atom. The number of likely N-dealkylation sites (tertiary alicyclic amines) is 1. The molecule has 0 amide bonds. The lowest BCUT2D eigenvalue weighted by Crippen LogP contribution is -2.48. The van der Waals surface area contributed by atoms with Crippen molar-refractivity contribution in [3.63, 3.8) is 0 Å². The van der Waals surface area contributed by atoms with E-state index in [0.29, 0.717) is 11.9 Å². The molecule has 1 fully saturated rings. The van der Waals surface area contributed by atoms with E-state index in [0.717, 1.165) is 32.5 Å². The summed E-state index contributed by atoms with van der Waals surface area (Å²) in [7, 11) is 0. The van der Waals surface area contributed by atoms with Crippen LogP contribution in [0.2, 0.25) is 0 Å². The van der Waals surface area contributed by atoms with Gasteiger partial charge in [0.2, 0.25) is 0 Å². The Morgan fingerprint density at radius 3 is 2.93 bits per heavy atom. The van der Waals surface area contributed by atoms with E-state index in [1.54, 1.807) is 0 Å². The van der Waals surface area contributed by atoms with E-state index < -0.39 is 0 Å². The lowest BCUT2D eigenvalue weighted by molar-refractivity contribution is 0.0585. The molecule has 1 heterocycles. The minimum Gasteiger partial charge on any atom is -0.393 e. The summed E-state index contributed by atoms with van der Waals surface area (Å²) >= 11 is 0. The van der Waals surface area contributed by atoms with Crippen LogP contribution in [0.1, 0.15) is 26.7 Å². The van der Waals surface area contributed by atoms with Gasteiger partial charge in [0.15, 0.2) is 5.96 Å². The number of aliphatic hydroxyl groups excluding tert-OH is 1. The Hall–Kier alpha value is -0.770. The van der Waals surface area contributed by atoms with Crippen molar-refractivity contribution >= 4 is 5.96 Å². The second kappa shape index (κ2) is 5.20. The van der Waals surface area contributed by atoms with Crippen LogP contribution >= 0.6 is 0 Å². The van der Waals surface area contributed by atoms with Gasteiger partial charge in [-0.15, -0.1) is 0 Å². The summed E-state index contributed by atoms with van der Waals surface area (Å²) in [5.41, 5.74) is 5.84. The summed E-state index contributed by atoms with van der Waals surface area (Å²) in [6, 6.07) is 0. The molecule has 2 atom stereocenters. The van der Waals surface area contributed by atoms with Gasteiger partial charge in [0.25, 0.3) is 0 Å². The van der Waals surface area contributed by atoms with Crippen LogP contribution in [0.3, 0.4) is 0 Å². The molecule has 0 aromatic carbocycles. The van der Waals surface area contributed by atoms with E-state index in [9.17, 15) is 5.11 Å². The number of hydrogen-bond acceptors (Lipinski definition) is 2. The van der Waals surface area contributed by atoms with Gasteiger partial charge in [-0.1, -0.05) is 13.8 Å². The van der Waals surface area contributed by atoms with E-state index in [4.69, 9.17) is 5.73 Å². The fraction of sp³-hybridized carbons (Fsp3) is 0.900. The Labute approximate surface area is 85.8 Å². The fourth-order valence-electron chi connectivity index (χ4n) is 1.67. The van der Waals surface area contributed by atoms with Crippen molar-refractivity contribution in [2.75, 3.05) is 19.6 Å². The summed E-state index contributed by atoms with van der Waals surface area (Å²) in [5.74, 6) is 0.921. The van der Waals surface area contributed by atoms with Gasteiger partial charge in [-0.2, -0.15) is 0 Å². The van der Waals surface area contributed by atoms with E-state index in [-0.39, 0.29) is 6.10 Å². The molecule has 0 bridgehead atoms. The van der Waals surface area contributed by atoms with E-state index in [2.05, 4.69) is 16.8 Å². The first-order valence-corrected chi connectivity index (χ1v) is 5.38. The summed E-state index contributed by atoms with van der Waals surface area (Å²) in [5, 5.41) is 9.55. The first kappa shape index (κ1) is 11.3. The zero-order valence-electron chi connectivity index (χ0n) is 9.11. The molecular formula is C10H21N3O. The molecular weight excluding hydrogens is 178 g/mol. The van der Waals surface area contributed by atoms with E-state index in [1.165, 1.54) is 0 Å². The molecule has 0 saturated carbocycles. The summed E-state index contributed by atoms with van der Waals surface area (Å²) in [6.07, 6.45) is 1.64. The molecule has 1 saturated heterocycles. The van der Waals surface area contributed by atoms with Gasteiger partial charge in [0.1, 0.15) is 0 Å². The number of guanidine groups is 1. The molecule has 4 heteroatoms. The smallest absolute Gasteiger partial charge is 0.191 e. The molecule has 0 aromatic rings. The van der Waals surface area contributed by atoms with Crippen molar-refractivity contribution in [1.82, 2.24) is 4.90 Å². The highest BCUT2D eigenvalue weighted by molar-refractivity contribution is 5.78.